The Morgan fingerprint density at radius 2 is 0.717 bits per heavy atom. The average molecular weight is 780 g/mol. The predicted octanol–water partition coefficient (Wildman–Crippen LogP) is 13.5. The van der Waals surface area contributed by atoms with E-state index in [-0.39, 0.29) is 11.4 Å². The van der Waals surface area contributed by atoms with E-state index in [4.69, 9.17) is 0 Å². The first-order valence-electron chi connectivity index (χ1n) is 19.1. The molecule has 5 nitrogen and oxygen atoms in total. The average Bonchev–Trinajstić information content (AvgIpc) is 3.80. The van der Waals surface area contributed by atoms with Crippen LogP contribution in [0.15, 0.2) is 170 Å². The molecule has 10 rings (SSSR count). The van der Waals surface area contributed by atoms with Crippen LogP contribution in [0.5, 0.6) is 0 Å². The van der Waals surface area contributed by atoms with Crippen LogP contribution < -0.4 is 0 Å². The lowest BCUT2D eigenvalue weighted by Gasteiger charge is -2.23. The molecule has 0 saturated carbocycles. The largest absolute Gasteiger partial charge is 0.420 e. The highest BCUT2D eigenvalue weighted by atomic mass is 19.4. The van der Waals surface area contributed by atoms with Crippen LogP contribution in [0.1, 0.15) is 22.3 Å². The van der Waals surface area contributed by atoms with Crippen LogP contribution in [0.2, 0.25) is 0 Å². The predicted molar refractivity (Wildman–Crippen MR) is 231 cm³/mol. The Balaban J connectivity index is 1.37. The number of benzene rings is 8. The second-order valence-corrected chi connectivity index (χ2v) is 14.6. The number of halogens is 3. The van der Waals surface area contributed by atoms with E-state index in [1.54, 1.807) is 81.9 Å². The number of alkyl halides is 3. The van der Waals surface area contributed by atoms with E-state index in [0.717, 1.165) is 43.8 Å². The number of nitriles is 3. The zero-order valence-corrected chi connectivity index (χ0v) is 31.5. The first-order valence-corrected chi connectivity index (χ1v) is 19.1. The van der Waals surface area contributed by atoms with E-state index < -0.39 is 11.7 Å². The van der Waals surface area contributed by atoms with Crippen molar-refractivity contribution in [1.29, 1.82) is 15.8 Å². The fourth-order valence-electron chi connectivity index (χ4n) is 8.55. The molecule has 0 amide bonds. The molecular weight excluding hydrogens is 752 g/mol. The van der Waals surface area contributed by atoms with Gasteiger partial charge in [0.05, 0.1) is 68.3 Å². The number of nitrogens with zero attached hydrogens (tertiary/aromatic N) is 5. The van der Waals surface area contributed by atoms with Gasteiger partial charge in [-0.2, -0.15) is 29.0 Å². The highest BCUT2D eigenvalue weighted by Crippen LogP contribution is 2.47. The van der Waals surface area contributed by atoms with Gasteiger partial charge in [-0.25, -0.2) is 0 Å². The minimum atomic E-state index is -4.87. The first kappa shape index (κ1) is 36.0. The molecule has 0 spiro atoms. The third kappa shape index (κ3) is 5.85. The normalized spacial score (nSPS) is 11.5. The van der Waals surface area contributed by atoms with Gasteiger partial charge in [0.2, 0.25) is 0 Å². The van der Waals surface area contributed by atoms with Crippen molar-refractivity contribution in [3.63, 3.8) is 0 Å². The molecule has 0 fully saturated rings. The van der Waals surface area contributed by atoms with Crippen molar-refractivity contribution in [2.75, 3.05) is 0 Å². The van der Waals surface area contributed by atoms with Crippen LogP contribution in [-0.2, 0) is 6.18 Å². The van der Waals surface area contributed by atoms with Gasteiger partial charge in [0.1, 0.15) is 5.56 Å². The molecule has 0 aliphatic carbocycles. The molecule has 0 radical (unpaired) electrons. The summed E-state index contributed by atoms with van der Waals surface area (Å²) in [4.78, 5) is 0. The van der Waals surface area contributed by atoms with E-state index >= 15 is 13.2 Å². The summed E-state index contributed by atoms with van der Waals surface area (Å²) in [5.41, 5.74) is 6.62. The Hall–Kier alpha value is -8.38. The number of rotatable bonds is 5. The molecule has 2 aromatic heterocycles. The van der Waals surface area contributed by atoms with Crippen LogP contribution >= 0.6 is 0 Å². The van der Waals surface area contributed by atoms with Crippen LogP contribution in [-0.4, -0.2) is 9.13 Å². The SMILES string of the molecule is N#Cc1cccc(-c2cc(-n3c4ccccc4c4ccc(-c5cccc(C#N)c5)cc43)c(C(F)(F)F)c(-n3c4ccccc4c4ccc(-c5cccc(C#N)c5)cc43)c2)c1. The number of hydrogen-bond donors (Lipinski definition) is 0. The molecule has 0 aliphatic rings. The Morgan fingerprint density at radius 1 is 0.350 bits per heavy atom. The van der Waals surface area contributed by atoms with Gasteiger partial charge in [-0.05, 0) is 106 Å². The van der Waals surface area contributed by atoms with Crippen LogP contribution in [0, 0.1) is 34.0 Å². The Bertz CT molecular complexity index is 3330. The second-order valence-electron chi connectivity index (χ2n) is 14.6. The molecule has 0 unspecified atom stereocenters. The molecule has 10 aromatic rings. The first-order chi connectivity index (χ1) is 29.2. The summed E-state index contributed by atoms with van der Waals surface area (Å²) in [7, 11) is 0. The molecule has 0 atom stereocenters. The maximum Gasteiger partial charge on any atom is 0.420 e. The summed E-state index contributed by atoms with van der Waals surface area (Å²) in [6.07, 6.45) is -4.87. The fourth-order valence-corrected chi connectivity index (χ4v) is 8.55. The lowest BCUT2D eigenvalue weighted by Crippen LogP contribution is -2.16. The summed E-state index contributed by atoms with van der Waals surface area (Å²) in [6.45, 7) is 0. The van der Waals surface area contributed by atoms with Gasteiger partial charge in [0, 0.05) is 21.5 Å². The van der Waals surface area contributed by atoms with Gasteiger partial charge in [0.25, 0.3) is 0 Å². The summed E-state index contributed by atoms with van der Waals surface area (Å²) in [5, 5.41) is 32.3. The van der Waals surface area contributed by atoms with Gasteiger partial charge in [-0.3, -0.25) is 0 Å². The van der Waals surface area contributed by atoms with Crippen molar-refractivity contribution in [2.24, 2.45) is 0 Å². The van der Waals surface area contributed by atoms with Crippen molar-refractivity contribution in [3.8, 4) is 63.0 Å². The monoisotopic (exact) mass is 779 g/mol. The van der Waals surface area contributed by atoms with Crippen molar-refractivity contribution in [1.82, 2.24) is 9.13 Å². The summed E-state index contributed by atoms with van der Waals surface area (Å²) >= 11 is 0. The summed E-state index contributed by atoms with van der Waals surface area (Å²) < 4.78 is 52.8. The molecule has 8 heteroatoms. The quantitative estimate of drug-likeness (QED) is 0.174. The van der Waals surface area contributed by atoms with E-state index in [1.165, 1.54) is 0 Å². The third-order valence-electron chi connectivity index (χ3n) is 11.2. The van der Waals surface area contributed by atoms with Gasteiger partial charge in [0.15, 0.2) is 0 Å². The maximum atomic E-state index is 16.5. The maximum absolute atomic E-state index is 16.5. The Morgan fingerprint density at radius 3 is 1.12 bits per heavy atom. The summed E-state index contributed by atoms with van der Waals surface area (Å²) in [5.74, 6) is 0. The van der Waals surface area contributed by atoms with Crippen molar-refractivity contribution >= 4 is 43.6 Å². The minimum Gasteiger partial charge on any atom is -0.309 e. The van der Waals surface area contributed by atoms with Gasteiger partial charge < -0.3 is 9.13 Å². The van der Waals surface area contributed by atoms with Crippen LogP contribution in [0.3, 0.4) is 0 Å². The van der Waals surface area contributed by atoms with E-state index in [2.05, 4.69) is 18.2 Å². The van der Waals surface area contributed by atoms with Crippen molar-refractivity contribution < 1.29 is 13.2 Å². The van der Waals surface area contributed by atoms with Crippen LogP contribution in [0.4, 0.5) is 13.2 Å². The second kappa shape index (κ2) is 13.9. The zero-order chi connectivity index (χ0) is 41.1. The lowest BCUT2D eigenvalue weighted by atomic mass is 9.97. The number of para-hydroxylation sites is 2. The smallest absolute Gasteiger partial charge is 0.309 e. The minimum absolute atomic E-state index is 0.0877. The van der Waals surface area contributed by atoms with E-state index in [0.29, 0.717) is 49.9 Å². The number of fused-ring (bicyclic) bond motifs is 6. The van der Waals surface area contributed by atoms with E-state index in [9.17, 15) is 15.8 Å². The zero-order valence-electron chi connectivity index (χ0n) is 31.5. The molecule has 282 valence electrons. The van der Waals surface area contributed by atoms with Gasteiger partial charge in [-0.15, -0.1) is 0 Å². The third-order valence-corrected chi connectivity index (χ3v) is 11.2. The van der Waals surface area contributed by atoms with Crippen LogP contribution in [0.25, 0.3) is 88.4 Å². The number of aromatic nitrogens is 2. The molecule has 0 bridgehead atoms. The highest BCUT2D eigenvalue weighted by Gasteiger charge is 2.39. The molecule has 8 aromatic carbocycles. The van der Waals surface area contributed by atoms with Crippen molar-refractivity contribution in [3.05, 3.63) is 192 Å². The van der Waals surface area contributed by atoms with Gasteiger partial charge in [-0.1, -0.05) is 97.1 Å². The molecule has 0 saturated heterocycles. The van der Waals surface area contributed by atoms with E-state index in [1.807, 2.05) is 97.1 Å². The molecule has 2 heterocycles. The lowest BCUT2D eigenvalue weighted by molar-refractivity contribution is -0.137. The highest BCUT2D eigenvalue weighted by molar-refractivity contribution is 6.12. The van der Waals surface area contributed by atoms with Crippen molar-refractivity contribution in [2.45, 2.75) is 6.18 Å². The Kier molecular flexibility index (Phi) is 8.35. The molecule has 0 aliphatic heterocycles. The number of hydrogen-bond acceptors (Lipinski definition) is 3. The fraction of sp³-hybridized carbons (Fsp3) is 0.0192. The summed E-state index contributed by atoms with van der Waals surface area (Å²) in [6, 6.07) is 57.2. The Labute approximate surface area is 341 Å². The topological polar surface area (TPSA) is 81.2 Å². The molecular formula is C52H28F3N5. The van der Waals surface area contributed by atoms with Gasteiger partial charge >= 0.3 is 6.18 Å². The molecule has 0 N–H and O–H groups in total. The standard InChI is InChI=1S/C52H28F3N5/c53-52(54,55)51-49(59-45-16-3-1-14-41(45)43-20-18-38(25-47(43)59)35-11-5-8-32(22-35)29-56)27-40(37-13-7-10-34(24-37)31-58)28-50(51)60-46-17-4-2-15-42(46)44-21-19-39(26-48(44)60)36-12-6-9-33(23-36)30-57/h1-28H. The molecule has 60 heavy (non-hydrogen) atoms.